The number of amides is 1. The molecule has 0 bridgehead atoms. The molecule has 1 heterocycles. The van der Waals surface area contributed by atoms with Crippen LogP contribution in [-0.2, 0) is 0 Å². The summed E-state index contributed by atoms with van der Waals surface area (Å²) in [6, 6.07) is 11.5. The van der Waals surface area contributed by atoms with Gasteiger partial charge >= 0.3 is 0 Å². The van der Waals surface area contributed by atoms with Crippen molar-refractivity contribution in [3.63, 3.8) is 0 Å². The zero-order valence-corrected chi connectivity index (χ0v) is 16.7. The summed E-state index contributed by atoms with van der Waals surface area (Å²) in [5.74, 6) is -0.123. The van der Waals surface area contributed by atoms with Gasteiger partial charge in [-0.25, -0.2) is 4.98 Å². The minimum atomic E-state index is -0.123. The lowest BCUT2D eigenvalue weighted by molar-refractivity contribution is 0.0952. The number of benzene rings is 2. The van der Waals surface area contributed by atoms with Crippen LogP contribution in [0.1, 0.15) is 15.9 Å². The summed E-state index contributed by atoms with van der Waals surface area (Å²) in [7, 11) is 3.95. The molecule has 0 radical (unpaired) electrons. The first-order valence-corrected chi connectivity index (χ1v) is 7.99. The number of aromatic nitrogens is 1. The summed E-state index contributed by atoms with van der Waals surface area (Å²) in [6.45, 7) is 3.37. The van der Waals surface area contributed by atoms with Gasteiger partial charge in [0, 0.05) is 23.9 Å². The topological polar surface area (TPSA) is 71.2 Å². The number of hydrogen-bond donors (Lipinski definition) is 2. The number of aryl methyl sites for hydroxylation is 1. The Morgan fingerprint density at radius 1 is 1.08 bits per heavy atom. The standard InChI is InChI=1S/C19H22N4O.2ClH/c1-12-6-4-7-13-16(20)14-8-5-9-15(18(14)22-17(12)13)19(24)21-10-11-23(2)3;;/h4-9H,10-11H2,1-3H3,(H2,20,22)(H,21,24);2*1H. The molecule has 3 aromatic rings. The third-order valence-corrected chi connectivity index (χ3v) is 4.17. The number of nitrogens with two attached hydrogens (primary N) is 1. The average molecular weight is 395 g/mol. The van der Waals surface area contributed by atoms with Gasteiger partial charge in [-0.1, -0.05) is 30.3 Å². The summed E-state index contributed by atoms with van der Waals surface area (Å²) < 4.78 is 0. The molecule has 26 heavy (non-hydrogen) atoms. The van der Waals surface area contributed by atoms with E-state index in [1.807, 2.05) is 56.3 Å². The van der Waals surface area contributed by atoms with Crippen molar-refractivity contribution in [2.24, 2.45) is 0 Å². The predicted octanol–water partition coefficient (Wildman–Crippen LogP) is 3.41. The molecule has 0 aliphatic heterocycles. The van der Waals surface area contributed by atoms with Crippen molar-refractivity contribution in [2.45, 2.75) is 6.92 Å². The fourth-order valence-corrected chi connectivity index (χ4v) is 2.83. The van der Waals surface area contributed by atoms with Crippen LogP contribution in [0.5, 0.6) is 0 Å². The van der Waals surface area contributed by atoms with Gasteiger partial charge in [-0.2, -0.15) is 0 Å². The van der Waals surface area contributed by atoms with Crippen LogP contribution in [0.3, 0.4) is 0 Å². The fraction of sp³-hybridized carbons (Fsp3) is 0.263. The Morgan fingerprint density at radius 2 is 1.69 bits per heavy atom. The Bertz CT molecular complexity index is 928. The number of nitrogens with one attached hydrogen (secondary N) is 1. The SMILES string of the molecule is Cc1cccc2c(N)c3cccc(C(=O)NCCN(C)C)c3nc12.Cl.Cl. The first kappa shape index (κ1) is 22.0. The van der Waals surface area contributed by atoms with Gasteiger partial charge < -0.3 is 16.0 Å². The van der Waals surface area contributed by atoms with Crippen LogP contribution in [0.4, 0.5) is 5.69 Å². The number of fused-ring (bicyclic) bond motifs is 2. The quantitative estimate of drug-likeness (QED) is 0.665. The highest BCUT2D eigenvalue weighted by atomic mass is 35.5. The predicted molar refractivity (Wildman–Crippen MR) is 114 cm³/mol. The fourth-order valence-electron chi connectivity index (χ4n) is 2.83. The van der Waals surface area contributed by atoms with Crippen molar-refractivity contribution >= 4 is 58.2 Å². The number of carbonyl (C=O) groups excluding carboxylic acids is 1. The second-order valence-corrected chi connectivity index (χ2v) is 6.26. The van der Waals surface area contributed by atoms with Gasteiger partial charge in [-0.3, -0.25) is 4.79 Å². The van der Waals surface area contributed by atoms with Crippen LogP contribution in [0.25, 0.3) is 21.8 Å². The van der Waals surface area contributed by atoms with E-state index in [0.717, 1.165) is 28.4 Å². The molecular weight excluding hydrogens is 371 g/mol. The molecule has 0 aliphatic carbocycles. The first-order valence-electron chi connectivity index (χ1n) is 7.99. The average Bonchev–Trinajstić information content (AvgIpc) is 2.55. The summed E-state index contributed by atoms with van der Waals surface area (Å²) in [5, 5.41) is 4.68. The van der Waals surface area contributed by atoms with Crippen LogP contribution in [0.15, 0.2) is 36.4 Å². The number of pyridine rings is 1. The van der Waals surface area contributed by atoms with Crippen LogP contribution in [-0.4, -0.2) is 43.0 Å². The van der Waals surface area contributed by atoms with Crippen LogP contribution >= 0.6 is 24.8 Å². The molecule has 140 valence electrons. The van der Waals surface area contributed by atoms with E-state index in [1.54, 1.807) is 6.07 Å². The number of nitrogens with zero attached hydrogens (tertiary/aromatic N) is 2. The number of nitrogen functional groups attached to an aromatic ring is 1. The van der Waals surface area contributed by atoms with Gasteiger partial charge in [-0.05, 0) is 32.6 Å². The Labute approximate surface area is 165 Å². The van der Waals surface area contributed by atoms with E-state index in [2.05, 4.69) is 5.32 Å². The lowest BCUT2D eigenvalue weighted by atomic mass is 10.0. The van der Waals surface area contributed by atoms with Crippen LogP contribution < -0.4 is 11.1 Å². The van der Waals surface area contributed by atoms with Gasteiger partial charge in [-0.15, -0.1) is 24.8 Å². The molecular formula is C19H24Cl2N4O. The van der Waals surface area contributed by atoms with Gasteiger partial charge in [0.05, 0.1) is 22.3 Å². The third kappa shape index (κ3) is 4.18. The minimum absolute atomic E-state index is 0. The van der Waals surface area contributed by atoms with Gasteiger partial charge in [0.15, 0.2) is 0 Å². The number of rotatable bonds is 4. The summed E-state index contributed by atoms with van der Waals surface area (Å²) in [6.07, 6.45) is 0. The van der Waals surface area contributed by atoms with Crippen molar-refractivity contribution in [1.82, 2.24) is 15.2 Å². The first-order chi connectivity index (χ1) is 11.5. The molecule has 0 atom stereocenters. The summed E-state index contributed by atoms with van der Waals surface area (Å²) in [5.41, 5.74) is 10.1. The molecule has 0 spiro atoms. The smallest absolute Gasteiger partial charge is 0.253 e. The second kappa shape index (κ2) is 9.03. The minimum Gasteiger partial charge on any atom is -0.398 e. The maximum atomic E-state index is 12.6. The number of hydrogen-bond acceptors (Lipinski definition) is 4. The number of para-hydroxylation sites is 2. The Kier molecular flexibility index (Phi) is 7.63. The summed E-state index contributed by atoms with van der Waals surface area (Å²) in [4.78, 5) is 19.3. The maximum absolute atomic E-state index is 12.6. The number of carbonyl (C=O) groups is 1. The Balaban J connectivity index is 0.00000169. The van der Waals surface area contributed by atoms with E-state index in [4.69, 9.17) is 10.7 Å². The van der Waals surface area contributed by atoms with Gasteiger partial charge in [0.2, 0.25) is 0 Å². The normalized spacial score (nSPS) is 10.5. The van der Waals surface area contributed by atoms with Crippen molar-refractivity contribution in [2.75, 3.05) is 32.9 Å². The number of likely N-dealkylation sites (N-methyl/N-ethyl adjacent to an activating group) is 1. The molecule has 2 aromatic carbocycles. The molecule has 1 amide bonds. The van der Waals surface area contributed by atoms with Crippen molar-refractivity contribution in [3.05, 3.63) is 47.5 Å². The molecule has 3 N–H and O–H groups in total. The Morgan fingerprint density at radius 3 is 2.35 bits per heavy atom. The second-order valence-electron chi connectivity index (χ2n) is 6.26. The molecule has 0 saturated heterocycles. The monoisotopic (exact) mass is 394 g/mol. The highest BCUT2D eigenvalue weighted by Gasteiger charge is 2.15. The molecule has 5 nitrogen and oxygen atoms in total. The molecule has 0 fully saturated rings. The maximum Gasteiger partial charge on any atom is 0.253 e. The van der Waals surface area contributed by atoms with Gasteiger partial charge in [0.25, 0.3) is 5.91 Å². The molecule has 0 unspecified atom stereocenters. The van der Waals surface area contributed by atoms with Crippen molar-refractivity contribution in [1.29, 1.82) is 0 Å². The van der Waals surface area contributed by atoms with E-state index in [-0.39, 0.29) is 30.7 Å². The highest BCUT2D eigenvalue weighted by molar-refractivity contribution is 6.13. The van der Waals surface area contributed by atoms with Crippen molar-refractivity contribution in [3.8, 4) is 0 Å². The van der Waals surface area contributed by atoms with E-state index in [0.29, 0.717) is 23.3 Å². The van der Waals surface area contributed by atoms with E-state index >= 15 is 0 Å². The van der Waals surface area contributed by atoms with Crippen LogP contribution in [0, 0.1) is 6.92 Å². The zero-order chi connectivity index (χ0) is 17.3. The van der Waals surface area contributed by atoms with E-state index in [1.165, 1.54) is 0 Å². The van der Waals surface area contributed by atoms with Crippen LogP contribution in [0.2, 0.25) is 0 Å². The molecule has 1 aromatic heterocycles. The lowest BCUT2D eigenvalue weighted by Gasteiger charge is -2.13. The molecule has 3 rings (SSSR count). The van der Waals surface area contributed by atoms with Gasteiger partial charge in [0.1, 0.15) is 0 Å². The molecule has 7 heteroatoms. The molecule has 0 saturated carbocycles. The van der Waals surface area contributed by atoms with Crippen molar-refractivity contribution < 1.29 is 4.79 Å². The number of anilines is 1. The van der Waals surface area contributed by atoms with E-state index < -0.39 is 0 Å². The third-order valence-electron chi connectivity index (χ3n) is 4.17. The summed E-state index contributed by atoms with van der Waals surface area (Å²) >= 11 is 0. The number of halogens is 2. The largest absolute Gasteiger partial charge is 0.398 e. The molecule has 0 aliphatic rings. The Hall–Kier alpha value is -2.08. The highest BCUT2D eigenvalue weighted by Crippen LogP contribution is 2.31. The lowest BCUT2D eigenvalue weighted by Crippen LogP contribution is -2.31. The zero-order valence-electron chi connectivity index (χ0n) is 15.1. The van der Waals surface area contributed by atoms with E-state index in [9.17, 15) is 4.79 Å².